The largest absolute Gasteiger partial charge is 0.459 e. The first-order valence-electron chi connectivity index (χ1n) is 6.63. The van der Waals surface area contributed by atoms with E-state index >= 15 is 0 Å². The molecule has 8 heteroatoms. The zero-order chi connectivity index (χ0) is 17.5. The van der Waals surface area contributed by atoms with Crippen molar-refractivity contribution in [2.45, 2.75) is 0 Å². The van der Waals surface area contributed by atoms with Gasteiger partial charge in [0.05, 0.1) is 16.3 Å². The molecule has 24 heavy (non-hydrogen) atoms. The van der Waals surface area contributed by atoms with Crippen LogP contribution in [0.1, 0.15) is 16.1 Å². The Hall–Kier alpha value is -2.57. The highest BCUT2D eigenvalue weighted by Gasteiger charge is 2.13. The lowest BCUT2D eigenvalue weighted by Gasteiger charge is -2.02. The first kappa shape index (κ1) is 17.8. The number of nitrogens with one attached hydrogen (secondary N) is 1. The number of benzene rings is 1. The van der Waals surface area contributed by atoms with Gasteiger partial charge in [0, 0.05) is 6.08 Å². The molecular weight excluding hydrogens is 357 g/mol. The van der Waals surface area contributed by atoms with E-state index in [2.05, 4.69) is 0 Å². The van der Waals surface area contributed by atoms with E-state index in [-0.39, 0.29) is 5.76 Å². The molecule has 1 N–H and O–H groups in total. The number of rotatable bonds is 5. The van der Waals surface area contributed by atoms with E-state index < -0.39 is 24.4 Å². The molecule has 0 aliphatic carbocycles. The van der Waals surface area contributed by atoms with E-state index in [4.69, 9.17) is 32.4 Å². The maximum atomic E-state index is 11.5. The second kappa shape index (κ2) is 8.33. The number of hydrogen-bond donors (Lipinski definition) is 1. The van der Waals surface area contributed by atoms with Crippen LogP contribution in [0.15, 0.2) is 47.1 Å². The van der Waals surface area contributed by atoms with Crippen LogP contribution in [0.4, 0.5) is 0 Å². The molecule has 0 saturated carbocycles. The minimum absolute atomic E-state index is 0.0193. The van der Waals surface area contributed by atoms with Crippen LogP contribution in [0, 0.1) is 0 Å². The fraction of sp³-hybridized carbons (Fsp3) is 0.0625. The highest BCUT2D eigenvalue weighted by atomic mass is 35.5. The summed E-state index contributed by atoms with van der Waals surface area (Å²) in [6, 6.07) is 7.72. The second-order valence-electron chi connectivity index (χ2n) is 4.47. The number of ether oxygens (including phenoxy) is 1. The summed E-state index contributed by atoms with van der Waals surface area (Å²) in [5, 5.41) is 2.77. The topological polar surface area (TPSA) is 85.6 Å². The Morgan fingerprint density at radius 3 is 2.62 bits per heavy atom. The molecular formula is C16H11Cl2NO5. The van der Waals surface area contributed by atoms with Gasteiger partial charge < -0.3 is 9.15 Å². The van der Waals surface area contributed by atoms with Crippen LogP contribution in [-0.2, 0) is 14.3 Å². The molecule has 1 heterocycles. The Morgan fingerprint density at radius 2 is 1.96 bits per heavy atom. The average Bonchev–Trinajstić information content (AvgIpc) is 3.08. The number of esters is 1. The number of halogens is 2. The number of imide groups is 1. The molecule has 0 aliphatic heterocycles. The molecule has 0 atom stereocenters. The van der Waals surface area contributed by atoms with E-state index in [1.54, 1.807) is 18.2 Å². The third kappa shape index (κ3) is 5.26. The molecule has 0 aliphatic rings. The van der Waals surface area contributed by atoms with Gasteiger partial charge in [0.2, 0.25) is 0 Å². The standard InChI is InChI=1S/C16H11Cl2NO5/c17-11-5-3-10(8-12(11)18)4-6-15(21)24-9-14(20)19-16(22)13-2-1-7-23-13/h1-8H,9H2,(H,19,20,22)/b6-4+. The quantitative estimate of drug-likeness (QED) is 0.648. The predicted molar refractivity (Wildman–Crippen MR) is 87.6 cm³/mol. The molecule has 0 radical (unpaired) electrons. The number of carbonyl (C=O) groups excluding carboxylic acids is 3. The first-order valence-corrected chi connectivity index (χ1v) is 7.39. The van der Waals surface area contributed by atoms with E-state index in [0.29, 0.717) is 15.6 Å². The average molecular weight is 368 g/mol. The van der Waals surface area contributed by atoms with Crippen molar-refractivity contribution in [1.82, 2.24) is 5.32 Å². The van der Waals surface area contributed by atoms with Gasteiger partial charge in [-0.2, -0.15) is 0 Å². The van der Waals surface area contributed by atoms with Crippen molar-refractivity contribution >= 4 is 47.1 Å². The van der Waals surface area contributed by atoms with Gasteiger partial charge in [0.1, 0.15) is 0 Å². The summed E-state index contributed by atoms with van der Waals surface area (Å²) in [6.07, 6.45) is 3.88. The Kier molecular flexibility index (Phi) is 6.17. The molecule has 0 unspecified atom stereocenters. The van der Waals surface area contributed by atoms with Crippen LogP contribution in [0.2, 0.25) is 10.0 Å². The minimum Gasteiger partial charge on any atom is -0.459 e. The molecule has 1 aromatic carbocycles. The van der Waals surface area contributed by atoms with E-state index in [1.165, 1.54) is 24.5 Å². The van der Waals surface area contributed by atoms with Gasteiger partial charge in [-0.25, -0.2) is 4.79 Å². The van der Waals surface area contributed by atoms with Gasteiger partial charge in [-0.3, -0.25) is 14.9 Å². The van der Waals surface area contributed by atoms with Crippen LogP contribution in [-0.4, -0.2) is 24.4 Å². The second-order valence-corrected chi connectivity index (χ2v) is 5.28. The van der Waals surface area contributed by atoms with Gasteiger partial charge in [0.15, 0.2) is 12.4 Å². The van der Waals surface area contributed by atoms with Crippen LogP contribution < -0.4 is 5.32 Å². The third-order valence-corrected chi connectivity index (χ3v) is 3.44. The highest BCUT2D eigenvalue weighted by Crippen LogP contribution is 2.23. The van der Waals surface area contributed by atoms with Crippen molar-refractivity contribution in [3.8, 4) is 0 Å². The highest BCUT2D eigenvalue weighted by molar-refractivity contribution is 6.42. The summed E-state index contributed by atoms with van der Waals surface area (Å²) >= 11 is 11.6. The lowest BCUT2D eigenvalue weighted by atomic mass is 10.2. The van der Waals surface area contributed by atoms with Crippen LogP contribution >= 0.6 is 23.2 Å². The molecule has 2 aromatic rings. The van der Waals surface area contributed by atoms with Gasteiger partial charge in [0.25, 0.3) is 11.8 Å². The zero-order valence-electron chi connectivity index (χ0n) is 12.1. The first-order chi connectivity index (χ1) is 11.5. The Bertz CT molecular complexity index is 784. The predicted octanol–water partition coefficient (Wildman–Crippen LogP) is 3.10. The molecule has 1 aromatic heterocycles. The fourth-order valence-corrected chi connectivity index (χ4v) is 1.90. The van der Waals surface area contributed by atoms with Crippen LogP contribution in [0.3, 0.4) is 0 Å². The summed E-state index contributed by atoms with van der Waals surface area (Å²) < 4.78 is 9.54. The van der Waals surface area contributed by atoms with Crippen molar-refractivity contribution < 1.29 is 23.5 Å². The summed E-state index contributed by atoms with van der Waals surface area (Å²) in [5.74, 6) is -2.25. The summed E-state index contributed by atoms with van der Waals surface area (Å²) in [5.41, 5.74) is 0.638. The van der Waals surface area contributed by atoms with Gasteiger partial charge in [-0.05, 0) is 35.9 Å². The Labute approximate surface area is 147 Å². The molecule has 124 valence electrons. The van der Waals surface area contributed by atoms with Gasteiger partial charge >= 0.3 is 5.97 Å². The maximum absolute atomic E-state index is 11.5. The third-order valence-electron chi connectivity index (χ3n) is 2.70. The summed E-state index contributed by atoms with van der Waals surface area (Å²) in [7, 11) is 0. The summed E-state index contributed by atoms with van der Waals surface area (Å²) in [6.45, 7) is -0.600. The van der Waals surface area contributed by atoms with Crippen molar-refractivity contribution in [2.24, 2.45) is 0 Å². The van der Waals surface area contributed by atoms with E-state index in [0.717, 1.165) is 6.08 Å². The maximum Gasteiger partial charge on any atom is 0.331 e. The SMILES string of the molecule is O=C(COC(=O)/C=C/c1ccc(Cl)c(Cl)c1)NC(=O)c1ccco1. The Balaban J connectivity index is 1.80. The zero-order valence-corrected chi connectivity index (χ0v) is 13.6. The molecule has 0 fully saturated rings. The molecule has 0 saturated heterocycles. The van der Waals surface area contributed by atoms with Crippen molar-refractivity contribution in [1.29, 1.82) is 0 Å². The molecule has 6 nitrogen and oxygen atoms in total. The number of carbonyl (C=O) groups is 3. The van der Waals surface area contributed by atoms with E-state index in [9.17, 15) is 14.4 Å². The smallest absolute Gasteiger partial charge is 0.331 e. The van der Waals surface area contributed by atoms with Crippen LogP contribution in [0.25, 0.3) is 6.08 Å². The Morgan fingerprint density at radius 1 is 1.17 bits per heavy atom. The van der Waals surface area contributed by atoms with Gasteiger partial charge in [-0.1, -0.05) is 29.3 Å². The van der Waals surface area contributed by atoms with E-state index in [1.807, 2.05) is 5.32 Å². The normalized spacial score (nSPS) is 10.6. The number of hydrogen-bond acceptors (Lipinski definition) is 5. The minimum atomic E-state index is -0.771. The van der Waals surface area contributed by atoms with Crippen LogP contribution in [0.5, 0.6) is 0 Å². The summed E-state index contributed by atoms with van der Waals surface area (Å²) in [4.78, 5) is 34.6. The van der Waals surface area contributed by atoms with Crippen molar-refractivity contribution in [2.75, 3.05) is 6.61 Å². The molecule has 2 rings (SSSR count). The monoisotopic (exact) mass is 367 g/mol. The number of amides is 2. The lowest BCUT2D eigenvalue weighted by molar-refractivity contribution is -0.143. The molecule has 2 amide bonds. The fourth-order valence-electron chi connectivity index (χ4n) is 1.60. The van der Waals surface area contributed by atoms with Gasteiger partial charge in [-0.15, -0.1) is 0 Å². The molecule has 0 bridgehead atoms. The van der Waals surface area contributed by atoms with Crippen molar-refractivity contribution in [3.05, 3.63) is 64.0 Å². The van der Waals surface area contributed by atoms with Crippen molar-refractivity contribution in [3.63, 3.8) is 0 Å². The lowest BCUT2D eigenvalue weighted by Crippen LogP contribution is -2.33. The molecule has 0 spiro atoms. The number of furan rings is 1.